The van der Waals surface area contributed by atoms with Crippen LogP contribution in [-0.2, 0) is 9.59 Å². The number of carbonyl (C=O) groups is 2. The second-order valence-electron chi connectivity index (χ2n) is 2.43. The fourth-order valence-corrected chi connectivity index (χ4v) is 1.54. The molecule has 0 fully saturated rings. The molecule has 74 valence electrons. The first-order chi connectivity index (χ1) is 6.77. The highest BCUT2D eigenvalue weighted by Gasteiger charge is 2.11. The van der Waals surface area contributed by atoms with Crippen LogP contribution in [0.4, 0.5) is 0 Å². The first-order valence-electron chi connectivity index (χ1n) is 3.98. The van der Waals surface area contributed by atoms with Gasteiger partial charge in [0, 0.05) is 4.90 Å². The molecule has 1 aromatic carbocycles. The van der Waals surface area contributed by atoms with Crippen molar-refractivity contribution in [1.29, 1.82) is 0 Å². The molecule has 1 aromatic rings. The molecule has 14 heavy (non-hydrogen) atoms. The maximum absolute atomic E-state index is 11.1. The van der Waals surface area contributed by atoms with Gasteiger partial charge in [0.25, 0.3) is 5.91 Å². The van der Waals surface area contributed by atoms with Crippen LogP contribution in [0.15, 0.2) is 35.2 Å². The van der Waals surface area contributed by atoms with Crippen molar-refractivity contribution in [2.75, 3.05) is 6.54 Å². The largest absolute Gasteiger partial charge is 0.322 e. The summed E-state index contributed by atoms with van der Waals surface area (Å²) in [5, 5.41) is 0. The van der Waals surface area contributed by atoms with Gasteiger partial charge in [0.1, 0.15) is 0 Å². The summed E-state index contributed by atoms with van der Waals surface area (Å²) in [6.45, 7) is -0.168. The van der Waals surface area contributed by atoms with Gasteiger partial charge in [-0.3, -0.25) is 9.59 Å². The summed E-state index contributed by atoms with van der Waals surface area (Å²) >= 11 is 1.06. The van der Waals surface area contributed by atoms with Gasteiger partial charge in [-0.25, -0.2) is 4.31 Å². The molecule has 4 nitrogen and oxygen atoms in total. The topological polar surface area (TPSA) is 63.4 Å². The molecule has 2 amide bonds. The van der Waals surface area contributed by atoms with Gasteiger partial charge in [-0.2, -0.15) is 0 Å². The number of imide groups is 1. The monoisotopic (exact) mass is 210 g/mol. The molecule has 0 radical (unpaired) electrons. The van der Waals surface area contributed by atoms with Crippen LogP contribution in [-0.4, -0.2) is 23.2 Å². The molecule has 0 aromatic heterocycles. The fraction of sp³-hybridized carbons (Fsp3) is 0.111. The van der Waals surface area contributed by atoms with Crippen molar-refractivity contribution >= 4 is 24.3 Å². The van der Waals surface area contributed by atoms with E-state index in [2.05, 4.69) is 0 Å². The quantitative estimate of drug-likeness (QED) is 0.585. The SMILES string of the molecule is NCC(=O)N(C=O)Sc1ccccc1. The Morgan fingerprint density at radius 1 is 1.43 bits per heavy atom. The average Bonchev–Trinajstić information content (AvgIpc) is 2.26. The molecular weight excluding hydrogens is 200 g/mol. The Kier molecular flexibility index (Phi) is 4.15. The van der Waals surface area contributed by atoms with E-state index in [1.807, 2.05) is 30.3 Å². The molecule has 0 unspecified atom stereocenters. The normalized spacial score (nSPS) is 9.50. The molecule has 0 aliphatic heterocycles. The van der Waals surface area contributed by atoms with E-state index in [-0.39, 0.29) is 6.54 Å². The Morgan fingerprint density at radius 3 is 2.57 bits per heavy atom. The number of rotatable bonds is 4. The van der Waals surface area contributed by atoms with Crippen molar-refractivity contribution in [1.82, 2.24) is 4.31 Å². The molecular formula is C9H10N2O2S. The van der Waals surface area contributed by atoms with E-state index in [0.717, 1.165) is 21.1 Å². The number of benzene rings is 1. The number of amides is 2. The lowest BCUT2D eigenvalue weighted by Crippen LogP contribution is -2.29. The third-order valence-corrected chi connectivity index (χ3v) is 2.43. The Balaban J connectivity index is 2.66. The maximum atomic E-state index is 11.1. The van der Waals surface area contributed by atoms with Crippen molar-refractivity contribution in [3.05, 3.63) is 30.3 Å². The molecule has 0 heterocycles. The number of nitrogens with zero attached hydrogens (tertiary/aromatic N) is 1. The highest BCUT2D eigenvalue weighted by Crippen LogP contribution is 2.20. The van der Waals surface area contributed by atoms with E-state index in [1.165, 1.54) is 0 Å². The molecule has 0 saturated carbocycles. The van der Waals surface area contributed by atoms with Crippen LogP contribution < -0.4 is 5.73 Å². The van der Waals surface area contributed by atoms with Crippen LogP contribution in [0.3, 0.4) is 0 Å². The van der Waals surface area contributed by atoms with Gasteiger partial charge in [-0.15, -0.1) is 0 Å². The fourth-order valence-electron chi connectivity index (χ4n) is 0.816. The van der Waals surface area contributed by atoms with E-state index >= 15 is 0 Å². The van der Waals surface area contributed by atoms with Crippen molar-refractivity contribution < 1.29 is 9.59 Å². The van der Waals surface area contributed by atoms with E-state index in [9.17, 15) is 9.59 Å². The van der Waals surface area contributed by atoms with Gasteiger partial charge >= 0.3 is 0 Å². The smallest absolute Gasteiger partial charge is 0.253 e. The minimum absolute atomic E-state index is 0.168. The van der Waals surface area contributed by atoms with Gasteiger partial charge in [0.2, 0.25) is 6.41 Å². The number of nitrogens with two attached hydrogens (primary N) is 1. The third-order valence-electron chi connectivity index (χ3n) is 1.46. The number of hydrogen-bond acceptors (Lipinski definition) is 4. The van der Waals surface area contributed by atoms with Gasteiger partial charge in [-0.1, -0.05) is 18.2 Å². The lowest BCUT2D eigenvalue weighted by molar-refractivity contribution is -0.130. The molecule has 5 heteroatoms. The molecule has 0 aliphatic rings. The van der Waals surface area contributed by atoms with Gasteiger partial charge in [0.05, 0.1) is 6.54 Å². The second kappa shape index (κ2) is 5.41. The maximum Gasteiger partial charge on any atom is 0.253 e. The zero-order valence-electron chi connectivity index (χ0n) is 7.42. The molecule has 1 rings (SSSR count). The molecule has 0 saturated heterocycles. The predicted molar refractivity (Wildman–Crippen MR) is 54.3 cm³/mol. The van der Waals surface area contributed by atoms with Crippen LogP contribution in [0.25, 0.3) is 0 Å². The Hall–Kier alpha value is -1.33. The average molecular weight is 210 g/mol. The summed E-state index contributed by atoms with van der Waals surface area (Å²) in [5.41, 5.74) is 5.14. The van der Waals surface area contributed by atoms with Gasteiger partial charge < -0.3 is 5.73 Å². The van der Waals surface area contributed by atoms with Crippen LogP contribution in [0.5, 0.6) is 0 Å². The van der Waals surface area contributed by atoms with Crippen LogP contribution in [0, 0.1) is 0 Å². The first kappa shape index (κ1) is 10.7. The van der Waals surface area contributed by atoms with Crippen molar-refractivity contribution in [3.8, 4) is 0 Å². The predicted octanol–water partition coefficient (Wildman–Crippen LogP) is 0.637. The zero-order valence-corrected chi connectivity index (χ0v) is 8.24. The Morgan fingerprint density at radius 2 is 2.07 bits per heavy atom. The summed E-state index contributed by atoms with van der Waals surface area (Å²) < 4.78 is 0.981. The van der Waals surface area contributed by atoms with Crippen LogP contribution in [0.1, 0.15) is 0 Å². The van der Waals surface area contributed by atoms with Crippen molar-refractivity contribution in [2.45, 2.75) is 4.90 Å². The summed E-state index contributed by atoms with van der Waals surface area (Å²) in [6, 6.07) is 9.15. The lowest BCUT2D eigenvalue weighted by atomic mass is 10.4. The highest BCUT2D eigenvalue weighted by molar-refractivity contribution is 7.98. The summed E-state index contributed by atoms with van der Waals surface area (Å²) in [5.74, 6) is -0.408. The van der Waals surface area contributed by atoms with Crippen LogP contribution in [0.2, 0.25) is 0 Å². The summed E-state index contributed by atoms with van der Waals surface area (Å²) in [7, 11) is 0. The highest BCUT2D eigenvalue weighted by atomic mass is 32.2. The van der Waals surface area contributed by atoms with E-state index < -0.39 is 5.91 Å². The Bertz CT molecular complexity index is 316. The van der Waals surface area contributed by atoms with E-state index in [0.29, 0.717) is 6.41 Å². The molecule has 0 bridgehead atoms. The standard InChI is InChI=1S/C9H10N2O2S/c10-6-9(13)11(7-12)14-8-4-2-1-3-5-8/h1-5,7H,6,10H2. The Labute approximate surface area is 86.2 Å². The van der Waals surface area contributed by atoms with Gasteiger partial charge in [0.15, 0.2) is 0 Å². The number of carbonyl (C=O) groups excluding carboxylic acids is 2. The van der Waals surface area contributed by atoms with Crippen LogP contribution >= 0.6 is 11.9 Å². The minimum Gasteiger partial charge on any atom is -0.322 e. The van der Waals surface area contributed by atoms with E-state index in [4.69, 9.17) is 5.73 Å². The third kappa shape index (κ3) is 2.86. The molecule has 2 N–H and O–H groups in total. The first-order valence-corrected chi connectivity index (χ1v) is 4.75. The summed E-state index contributed by atoms with van der Waals surface area (Å²) in [6.07, 6.45) is 0.465. The van der Waals surface area contributed by atoms with Crippen molar-refractivity contribution in [3.63, 3.8) is 0 Å². The second-order valence-corrected chi connectivity index (χ2v) is 3.48. The van der Waals surface area contributed by atoms with E-state index in [1.54, 1.807) is 0 Å². The van der Waals surface area contributed by atoms with Gasteiger partial charge in [-0.05, 0) is 24.1 Å². The number of hydrogen-bond donors (Lipinski definition) is 1. The summed E-state index contributed by atoms with van der Waals surface area (Å²) in [4.78, 5) is 22.5. The minimum atomic E-state index is -0.408. The molecule has 0 aliphatic carbocycles. The molecule has 0 spiro atoms. The molecule has 0 atom stereocenters. The zero-order chi connectivity index (χ0) is 10.4. The lowest BCUT2D eigenvalue weighted by Gasteiger charge is -2.12. The van der Waals surface area contributed by atoms with Crippen molar-refractivity contribution in [2.24, 2.45) is 5.73 Å².